The predicted molar refractivity (Wildman–Crippen MR) is 241 cm³/mol. The van der Waals surface area contributed by atoms with E-state index in [1.54, 1.807) is 59.6 Å². The molecule has 1 unspecified atom stereocenters. The van der Waals surface area contributed by atoms with E-state index in [4.69, 9.17) is 14.5 Å². The molecule has 2 aromatic heterocycles. The molecule has 4 aromatic carbocycles. The summed E-state index contributed by atoms with van der Waals surface area (Å²) in [6, 6.07) is 22.4. The van der Waals surface area contributed by atoms with Crippen LogP contribution in [0.5, 0.6) is 0 Å². The lowest BCUT2D eigenvalue weighted by molar-refractivity contribution is -0.139. The van der Waals surface area contributed by atoms with Crippen molar-refractivity contribution in [3.8, 4) is 33.5 Å². The van der Waals surface area contributed by atoms with Crippen LogP contribution in [-0.4, -0.2) is 86.6 Å². The third kappa shape index (κ3) is 7.32. The Labute approximate surface area is 379 Å². The second kappa shape index (κ2) is 16.7. The standard InChI is InChI=1S/C50H50F2N8O6/c1-26(2)41(57-48(63)65-3)47(62)60-32-16-12-31(21-32)43(60)45-54-37-19-15-29(24-38(37)55-45)28-13-17-33-34-18-14-30(23-36(34)50(51,52)35(33)22-28)39-25-53-44(56-39)40-11-8-20-59(40)46(61)42(58-49(64)66-4)27-9-6-5-7-10-27/h5-7,9-10,13-15,17-19,22-26,31-32,40-43H,8,11-12,16,20-21H2,1-4H3,(H,53,56)(H,54,55)(H,57,63)(H,58,64)/t31?,32-,40+,41+,42-,43+/m1/s1. The van der Waals surface area contributed by atoms with Gasteiger partial charge in [-0.05, 0) is 96.0 Å². The third-order valence-corrected chi connectivity index (χ3v) is 13.9. The number of imidazole rings is 2. The van der Waals surface area contributed by atoms with E-state index in [0.29, 0.717) is 70.1 Å². The van der Waals surface area contributed by atoms with E-state index in [0.717, 1.165) is 30.3 Å². The highest BCUT2D eigenvalue weighted by atomic mass is 19.3. The number of hydrogen-bond acceptors (Lipinski definition) is 8. The van der Waals surface area contributed by atoms with E-state index in [2.05, 4.69) is 25.6 Å². The maximum atomic E-state index is 16.7. The van der Waals surface area contributed by atoms with Crippen LogP contribution < -0.4 is 10.6 Å². The van der Waals surface area contributed by atoms with Crippen LogP contribution >= 0.6 is 0 Å². The van der Waals surface area contributed by atoms with Crippen molar-refractivity contribution < 1.29 is 37.4 Å². The number of nitrogens with zero attached hydrogens (tertiary/aromatic N) is 4. The summed E-state index contributed by atoms with van der Waals surface area (Å²) in [6.07, 6.45) is 4.27. The van der Waals surface area contributed by atoms with Gasteiger partial charge in [-0.15, -0.1) is 0 Å². The SMILES string of the molecule is COC(=O)N[C@H](C(=O)N1[C@@H]2CCC(C2)[C@H]1c1nc2ccc(-c3ccc4c(c3)C(F)(F)c3cc(-c5cnc([C@@H]6CCCN6C(=O)[C@H](NC(=O)OC)c6ccccc6)[nH]5)ccc3-4)cc2[nH]1)C(C)C. The monoisotopic (exact) mass is 896 g/mol. The number of aromatic amines is 2. The fraction of sp³-hybridized carbons (Fsp3) is 0.360. The predicted octanol–water partition coefficient (Wildman–Crippen LogP) is 8.93. The van der Waals surface area contributed by atoms with Gasteiger partial charge in [-0.25, -0.2) is 19.6 Å². The Morgan fingerprint density at radius 3 is 2.20 bits per heavy atom. The largest absolute Gasteiger partial charge is 0.453 e. The third-order valence-electron chi connectivity index (χ3n) is 13.9. The van der Waals surface area contributed by atoms with E-state index < -0.39 is 36.2 Å². The number of piperidine rings is 1. The van der Waals surface area contributed by atoms with Gasteiger partial charge in [0.15, 0.2) is 0 Å². The minimum Gasteiger partial charge on any atom is -0.453 e. The van der Waals surface area contributed by atoms with Gasteiger partial charge in [-0.2, -0.15) is 8.78 Å². The zero-order valence-corrected chi connectivity index (χ0v) is 36.9. The van der Waals surface area contributed by atoms with E-state index in [9.17, 15) is 19.2 Å². The highest BCUT2D eigenvalue weighted by Gasteiger charge is 2.52. The molecule has 1 saturated carbocycles. The second-order valence-corrected chi connectivity index (χ2v) is 18.1. The molecule has 4 heterocycles. The number of carbonyl (C=O) groups excluding carboxylic acids is 4. The van der Waals surface area contributed by atoms with Crippen LogP contribution in [0, 0.1) is 11.8 Å². The average Bonchev–Trinajstić information content (AvgIpc) is 4.21. The van der Waals surface area contributed by atoms with Gasteiger partial charge >= 0.3 is 12.2 Å². The minimum absolute atomic E-state index is 0.0418. The zero-order chi connectivity index (χ0) is 46.0. The number of rotatable bonds is 10. The Morgan fingerprint density at radius 1 is 0.788 bits per heavy atom. The summed E-state index contributed by atoms with van der Waals surface area (Å²) in [4.78, 5) is 72.5. The van der Waals surface area contributed by atoms with Crippen molar-refractivity contribution in [2.75, 3.05) is 20.8 Å². The summed E-state index contributed by atoms with van der Waals surface area (Å²) in [6.45, 7) is 4.23. The summed E-state index contributed by atoms with van der Waals surface area (Å²) >= 11 is 0. The summed E-state index contributed by atoms with van der Waals surface area (Å²) in [5.74, 6) is -2.53. The van der Waals surface area contributed by atoms with Gasteiger partial charge in [-0.1, -0.05) is 74.5 Å². The van der Waals surface area contributed by atoms with Gasteiger partial charge < -0.3 is 39.9 Å². The minimum atomic E-state index is -3.30. The fourth-order valence-corrected chi connectivity index (χ4v) is 10.7. The van der Waals surface area contributed by atoms with Gasteiger partial charge in [0.05, 0.1) is 49.2 Å². The number of aromatic nitrogens is 4. The number of methoxy groups -OCH3 is 2. The van der Waals surface area contributed by atoms with Crippen LogP contribution in [0.25, 0.3) is 44.5 Å². The van der Waals surface area contributed by atoms with Crippen molar-refractivity contribution >= 4 is 35.0 Å². The molecule has 2 saturated heterocycles. The molecule has 4 aliphatic rings. The Bertz CT molecular complexity index is 2880. The molecule has 66 heavy (non-hydrogen) atoms. The maximum absolute atomic E-state index is 16.7. The molecule has 10 rings (SSSR count). The van der Waals surface area contributed by atoms with Crippen molar-refractivity contribution in [1.29, 1.82) is 0 Å². The highest BCUT2D eigenvalue weighted by Crippen LogP contribution is 2.53. The molecule has 0 radical (unpaired) electrons. The van der Waals surface area contributed by atoms with Gasteiger partial charge in [0.1, 0.15) is 23.7 Å². The van der Waals surface area contributed by atoms with Crippen molar-refractivity contribution in [3.05, 3.63) is 119 Å². The highest BCUT2D eigenvalue weighted by molar-refractivity contribution is 5.89. The number of ether oxygens (including phenoxy) is 2. The topological polar surface area (TPSA) is 175 Å². The molecule has 6 aromatic rings. The molecule has 4 N–H and O–H groups in total. The molecule has 2 aliphatic heterocycles. The first kappa shape index (κ1) is 42.8. The van der Waals surface area contributed by atoms with Crippen LogP contribution in [0.1, 0.15) is 92.4 Å². The van der Waals surface area contributed by atoms with Crippen molar-refractivity contribution in [2.45, 2.75) is 82.1 Å². The quantitative estimate of drug-likeness (QED) is 0.105. The summed E-state index contributed by atoms with van der Waals surface area (Å²) in [5.41, 5.74) is 5.16. The lowest BCUT2D eigenvalue weighted by Gasteiger charge is -2.37. The van der Waals surface area contributed by atoms with Crippen LogP contribution in [0.2, 0.25) is 0 Å². The van der Waals surface area contributed by atoms with Gasteiger partial charge in [0.25, 0.3) is 11.8 Å². The first-order valence-corrected chi connectivity index (χ1v) is 22.4. The maximum Gasteiger partial charge on any atom is 0.407 e. The van der Waals surface area contributed by atoms with Gasteiger partial charge in [0.2, 0.25) is 5.91 Å². The number of H-pyrrole nitrogens is 2. The van der Waals surface area contributed by atoms with E-state index in [1.807, 2.05) is 49.1 Å². The molecule has 3 fully saturated rings. The van der Waals surface area contributed by atoms with Gasteiger partial charge in [0, 0.05) is 29.3 Å². The smallest absolute Gasteiger partial charge is 0.407 e. The number of carbonyl (C=O) groups is 4. The molecule has 340 valence electrons. The number of alkyl carbamates (subject to hydrolysis) is 2. The Kier molecular flexibility index (Phi) is 10.8. The van der Waals surface area contributed by atoms with Crippen molar-refractivity contribution in [2.24, 2.45) is 11.8 Å². The first-order valence-electron chi connectivity index (χ1n) is 22.4. The van der Waals surface area contributed by atoms with Crippen LogP contribution in [0.4, 0.5) is 18.4 Å². The Balaban J connectivity index is 0.887. The molecular formula is C50H50F2N8O6. The van der Waals surface area contributed by atoms with Gasteiger partial charge in [-0.3, -0.25) is 9.59 Å². The molecule has 4 amide bonds. The number of nitrogens with one attached hydrogen (secondary N) is 4. The molecule has 0 spiro atoms. The molecule has 6 atom stereocenters. The molecule has 14 nitrogen and oxygen atoms in total. The first-order chi connectivity index (χ1) is 31.8. The van der Waals surface area contributed by atoms with E-state index in [1.165, 1.54) is 20.3 Å². The zero-order valence-electron chi connectivity index (χ0n) is 36.9. The van der Waals surface area contributed by atoms with E-state index in [-0.39, 0.29) is 46.9 Å². The number of amides is 4. The molecule has 2 aliphatic carbocycles. The van der Waals surface area contributed by atoms with Crippen LogP contribution in [0.15, 0.2) is 91.1 Å². The van der Waals surface area contributed by atoms with Crippen LogP contribution in [0.3, 0.4) is 0 Å². The number of hydrogen-bond donors (Lipinski definition) is 4. The Morgan fingerprint density at radius 2 is 1.47 bits per heavy atom. The normalized spacial score (nSPS) is 21.1. The van der Waals surface area contributed by atoms with Crippen molar-refractivity contribution in [1.82, 2.24) is 40.4 Å². The number of benzene rings is 4. The number of alkyl halides is 2. The molecule has 2 bridgehead atoms. The average molecular weight is 897 g/mol. The van der Waals surface area contributed by atoms with Crippen LogP contribution in [-0.2, 0) is 25.0 Å². The number of halogens is 2. The summed E-state index contributed by atoms with van der Waals surface area (Å²) in [7, 11) is 2.52. The summed E-state index contributed by atoms with van der Waals surface area (Å²) in [5, 5.41) is 5.40. The fourth-order valence-electron chi connectivity index (χ4n) is 10.7. The number of likely N-dealkylation sites (tertiary alicyclic amines) is 2. The summed E-state index contributed by atoms with van der Waals surface area (Å²) < 4.78 is 43.0. The van der Waals surface area contributed by atoms with E-state index >= 15 is 8.78 Å². The second-order valence-electron chi connectivity index (χ2n) is 18.1. The molecular weight excluding hydrogens is 847 g/mol. The lowest BCUT2D eigenvalue weighted by atomic mass is 9.95. The number of fused-ring (bicyclic) bond motifs is 6. The van der Waals surface area contributed by atoms with Crippen molar-refractivity contribution in [3.63, 3.8) is 0 Å². The molecule has 16 heteroatoms. The Hall–Kier alpha value is -7.10. The lowest BCUT2D eigenvalue weighted by Crippen LogP contribution is -2.54.